The van der Waals surface area contributed by atoms with E-state index in [1.54, 1.807) is 12.3 Å². The summed E-state index contributed by atoms with van der Waals surface area (Å²) in [6.45, 7) is 0. The number of carbonyl (C=O) groups excluding carboxylic acids is 1. The zero-order chi connectivity index (χ0) is 16.8. The van der Waals surface area contributed by atoms with Gasteiger partial charge in [0.2, 0.25) is 0 Å². The van der Waals surface area contributed by atoms with Crippen LogP contribution >= 0.6 is 0 Å². The Morgan fingerprint density at radius 3 is 2.56 bits per heavy atom. The van der Waals surface area contributed by atoms with Gasteiger partial charge in [0.25, 0.3) is 0 Å². The fourth-order valence-electron chi connectivity index (χ4n) is 4.10. The number of nitrogens with zero attached hydrogens (tertiary/aromatic N) is 3. The third-order valence-electron chi connectivity index (χ3n) is 5.26. The Hall–Kier alpha value is -3.01. The van der Waals surface area contributed by atoms with Crippen molar-refractivity contribution >= 4 is 22.6 Å². The lowest BCUT2D eigenvalue weighted by molar-refractivity contribution is -0.115. The summed E-state index contributed by atoms with van der Waals surface area (Å²) in [5.74, 6) is 1.23. The van der Waals surface area contributed by atoms with E-state index in [0.29, 0.717) is 5.92 Å². The summed E-state index contributed by atoms with van der Waals surface area (Å²) < 4.78 is 0. The van der Waals surface area contributed by atoms with Gasteiger partial charge in [-0.1, -0.05) is 48.5 Å². The topological polar surface area (TPSA) is 46.1 Å². The molecular weight excluding hydrogens is 310 g/mol. The molecule has 0 saturated carbocycles. The van der Waals surface area contributed by atoms with Crippen molar-refractivity contribution in [1.82, 2.24) is 9.97 Å². The lowest BCUT2D eigenvalue weighted by Crippen LogP contribution is -2.43. The minimum absolute atomic E-state index is 0.139. The van der Waals surface area contributed by atoms with Crippen LogP contribution in [0.3, 0.4) is 0 Å². The zero-order valence-corrected chi connectivity index (χ0v) is 13.6. The molecule has 0 radical (unpaired) electrons. The molecular formula is C21H17N3O. The van der Waals surface area contributed by atoms with Crippen LogP contribution in [-0.2, 0) is 4.79 Å². The maximum atomic E-state index is 12.5. The molecule has 4 heteroatoms. The van der Waals surface area contributed by atoms with Crippen molar-refractivity contribution in [2.45, 2.75) is 24.4 Å². The Kier molecular flexibility index (Phi) is 3.17. The number of hydrogen-bond acceptors (Lipinski definition) is 4. The van der Waals surface area contributed by atoms with Gasteiger partial charge in [0.05, 0.1) is 29.3 Å². The third-order valence-corrected chi connectivity index (χ3v) is 5.26. The van der Waals surface area contributed by atoms with E-state index in [2.05, 4.69) is 34.1 Å². The van der Waals surface area contributed by atoms with E-state index in [1.807, 2.05) is 36.4 Å². The summed E-state index contributed by atoms with van der Waals surface area (Å²) in [5, 5.41) is 0. The van der Waals surface area contributed by atoms with Gasteiger partial charge in [0.15, 0.2) is 5.78 Å². The van der Waals surface area contributed by atoms with Crippen molar-refractivity contribution in [2.24, 2.45) is 0 Å². The van der Waals surface area contributed by atoms with Crippen molar-refractivity contribution in [3.05, 3.63) is 78.5 Å². The van der Waals surface area contributed by atoms with Gasteiger partial charge in [-0.3, -0.25) is 9.78 Å². The van der Waals surface area contributed by atoms with E-state index >= 15 is 0 Å². The van der Waals surface area contributed by atoms with Crippen molar-refractivity contribution < 1.29 is 4.79 Å². The highest BCUT2D eigenvalue weighted by molar-refractivity contribution is 5.99. The number of hydrogen-bond donors (Lipinski definition) is 0. The number of benzene rings is 2. The van der Waals surface area contributed by atoms with Crippen LogP contribution in [0, 0.1) is 0 Å². The van der Waals surface area contributed by atoms with Crippen molar-refractivity contribution in [2.75, 3.05) is 4.90 Å². The van der Waals surface area contributed by atoms with Crippen LogP contribution in [0.5, 0.6) is 0 Å². The van der Waals surface area contributed by atoms with E-state index in [0.717, 1.165) is 23.3 Å². The molecule has 3 atom stereocenters. The van der Waals surface area contributed by atoms with Gasteiger partial charge in [-0.25, -0.2) is 4.98 Å². The van der Waals surface area contributed by atoms with Crippen molar-refractivity contribution in [3.8, 4) is 0 Å². The van der Waals surface area contributed by atoms with Crippen LogP contribution in [0.4, 0.5) is 5.82 Å². The number of fused-ring (bicyclic) bond motifs is 3. The fraction of sp³-hybridized carbons (Fsp3) is 0.190. The molecule has 0 amide bonds. The molecule has 5 rings (SSSR count). The normalized spacial score (nSPS) is 24.9. The molecule has 2 bridgehead atoms. The smallest absolute Gasteiger partial charge is 0.177 e. The summed E-state index contributed by atoms with van der Waals surface area (Å²) in [6.07, 6.45) is 6.38. The van der Waals surface area contributed by atoms with Gasteiger partial charge in [0.1, 0.15) is 5.82 Å². The maximum absolute atomic E-state index is 12.5. The lowest BCUT2D eigenvalue weighted by Gasteiger charge is -2.32. The zero-order valence-electron chi connectivity index (χ0n) is 13.6. The second kappa shape index (κ2) is 5.52. The first-order valence-electron chi connectivity index (χ1n) is 8.58. The Bertz CT molecular complexity index is 983. The predicted molar refractivity (Wildman–Crippen MR) is 97.5 cm³/mol. The number of aromatic nitrogens is 2. The summed E-state index contributed by atoms with van der Waals surface area (Å²) in [4.78, 5) is 24.0. The molecule has 3 heterocycles. The second-order valence-corrected chi connectivity index (χ2v) is 6.64. The lowest BCUT2D eigenvalue weighted by atomic mass is 9.91. The highest BCUT2D eigenvalue weighted by Crippen LogP contribution is 2.43. The monoisotopic (exact) mass is 327 g/mol. The van der Waals surface area contributed by atoms with E-state index in [4.69, 9.17) is 4.98 Å². The largest absolute Gasteiger partial charge is 0.338 e. The van der Waals surface area contributed by atoms with Crippen LogP contribution in [0.2, 0.25) is 0 Å². The molecule has 0 spiro atoms. The van der Waals surface area contributed by atoms with Crippen LogP contribution < -0.4 is 4.90 Å². The molecule has 2 aliphatic rings. The van der Waals surface area contributed by atoms with Gasteiger partial charge >= 0.3 is 0 Å². The Labute approximate surface area is 145 Å². The molecule has 2 aromatic carbocycles. The van der Waals surface area contributed by atoms with Crippen LogP contribution in [0.1, 0.15) is 17.9 Å². The number of ketones is 1. The highest BCUT2D eigenvalue weighted by atomic mass is 16.1. The molecule has 0 aliphatic carbocycles. The molecule has 2 aliphatic heterocycles. The molecule has 1 fully saturated rings. The second-order valence-electron chi connectivity index (χ2n) is 6.64. The Morgan fingerprint density at radius 1 is 0.960 bits per heavy atom. The number of rotatable bonds is 2. The molecule has 0 N–H and O–H groups in total. The van der Waals surface area contributed by atoms with Crippen LogP contribution in [0.15, 0.2) is 72.9 Å². The third kappa shape index (κ3) is 2.25. The van der Waals surface area contributed by atoms with Crippen molar-refractivity contribution in [3.63, 3.8) is 0 Å². The number of carbonyl (C=O) groups is 1. The van der Waals surface area contributed by atoms with E-state index in [1.165, 1.54) is 5.56 Å². The summed E-state index contributed by atoms with van der Waals surface area (Å²) in [5.41, 5.74) is 3.00. The van der Waals surface area contributed by atoms with Gasteiger partial charge in [-0.15, -0.1) is 0 Å². The first-order chi connectivity index (χ1) is 12.3. The summed E-state index contributed by atoms with van der Waals surface area (Å²) >= 11 is 0. The van der Waals surface area contributed by atoms with Gasteiger partial charge < -0.3 is 4.90 Å². The average molecular weight is 327 g/mol. The summed E-state index contributed by atoms with van der Waals surface area (Å²) in [6, 6.07) is 18.3. The highest BCUT2D eigenvalue weighted by Gasteiger charge is 2.46. The number of para-hydroxylation sites is 2. The van der Waals surface area contributed by atoms with Crippen molar-refractivity contribution in [1.29, 1.82) is 0 Å². The van der Waals surface area contributed by atoms with Gasteiger partial charge in [0, 0.05) is 5.92 Å². The molecule has 4 nitrogen and oxygen atoms in total. The standard InChI is InChI=1S/C21H17N3O/c25-20-11-10-18-15(14-6-2-1-3-7-14)12-19(20)24(18)21-13-22-16-8-4-5-9-17(16)23-21/h1-11,13,15,18-19H,12H2. The van der Waals surface area contributed by atoms with Crippen LogP contribution in [0.25, 0.3) is 11.0 Å². The maximum Gasteiger partial charge on any atom is 0.177 e. The van der Waals surface area contributed by atoms with Gasteiger partial charge in [-0.2, -0.15) is 0 Å². The fourth-order valence-corrected chi connectivity index (χ4v) is 4.10. The van der Waals surface area contributed by atoms with E-state index in [9.17, 15) is 4.79 Å². The molecule has 3 aromatic rings. The Balaban J connectivity index is 1.60. The first kappa shape index (κ1) is 14.3. The predicted octanol–water partition coefficient (Wildman–Crippen LogP) is 3.50. The quantitative estimate of drug-likeness (QED) is 0.723. The van der Waals surface area contributed by atoms with E-state index < -0.39 is 0 Å². The Morgan fingerprint density at radius 2 is 1.72 bits per heavy atom. The summed E-state index contributed by atoms with van der Waals surface area (Å²) in [7, 11) is 0. The SMILES string of the molecule is O=C1C=CC2C(c3ccccc3)CC1N2c1cnc2ccccc2n1. The molecule has 25 heavy (non-hydrogen) atoms. The van der Waals surface area contributed by atoms with Crippen LogP contribution in [-0.4, -0.2) is 27.8 Å². The van der Waals surface area contributed by atoms with E-state index in [-0.39, 0.29) is 17.9 Å². The molecule has 1 saturated heterocycles. The first-order valence-corrected chi connectivity index (χ1v) is 8.58. The molecule has 3 unspecified atom stereocenters. The number of anilines is 1. The van der Waals surface area contributed by atoms with Gasteiger partial charge in [-0.05, 0) is 30.2 Å². The minimum Gasteiger partial charge on any atom is -0.338 e. The minimum atomic E-state index is -0.157. The average Bonchev–Trinajstić information content (AvgIpc) is 2.97. The molecule has 122 valence electrons. The molecule has 1 aromatic heterocycles.